The Morgan fingerprint density at radius 1 is 0.600 bits per heavy atom. The molecule has 0 saturated carbocycles. The molecule has 0 spiro atoms. The Balaban J connectivity index is -0.000000372. The van der Waals surface area contributed by atoms with E-state index in [1.807, 2.05) is 0 Å². The van der Waals surface area contributed by atoms with E-state index in [9.17, 15) is 19.8 Å². The van der Waals surface area contributed by atoms with Gasteiger partial charge in [0.1, 0.15) is 0 Å². The predicted molar refractivity (Wildman–Crippen MR) is 95.1 cm³/mol. The number of carboxylic acids is 2. The zero-order chi connectivity index (χ0) is 18.8. The average Bonchev–Trinajstić information content (AvgIpc) is 2.46. The van der Waals surface area contributed by atoms with Crippen LogP contribution in [-0.2, 0) is 26.1 Å². The van der Waals surface area contributed by atoms with Crippen molar-refractivity contribution in [3.63, 3.8) is 0 Å². The Labute approximate surface area is 165 Å². The summed E-state index contributed by atoms with van der Waals surface area (Å²) in [5, 5.41) is 20.1. The van der Waals surface area contributed by atoms with E-state index in [4.69, 9.17) is 0 Å². The maximum atomic E-state index is 10.0. The molecule has 0 radical (unpaired) electrons. The van der Waals surface area contributed by atoms with E-state index < -0.39 is 11.9 Å². The second kappa shape index (κ2) is 21.5. The quantitative estimate of drug-likeness (QED) is 0.330. The largest absolute Gasteiger partial charge is 2.00 e. The molecule has 0 N–H and O–H groups in total. The number of carbonyl (C=O) groups excluding carboxylic acids is 2. The molecule has 0 unspecified atom stereocenters. The maximum absolute atomic E-state index is 10.0. The fourth-order valence-electron chi connectivity index (χ4n) is 2.35. The summed E-state index contributed by atoms with van der Waals surface area (Å²) < 4.78 is 0. The number of carbonyl (C=O) groups is 2. The molecule has 0 fully saturated rings. The van der Waals surface area contributed by atoms with Crippen molar-refractivity contribution in [2.24, 2.45) is 11.8 Å². The van der Waals surface area contributed by atoms with Crippen LogP contribution in [0.3, 0.4) is 0 Å². The van der Waals surface area contributed by atoms with E-state index in [0.717, 1.165) is 50.4 Å². The predicted octanol–water partition coefficient (Wildman–Crippen LogP) is 3.46. The minimum atomic E-state index is -0.918. The van der Waals surface area contributed by atoms with E-state index >= 15 is 0 Å². The summed E-state index contributed by atoms with van der Waals surface area (Å²) in [4.78, 5) is 20.1. The van der Waals surface area contributed by atoms with Crippen molar-refractivity contribution >= 4 is 11.9 Å². The zero-order valence-corrected chi connectivity index (χ0v) is 17.6. The van der Waals surface area contributed by atoms with Crippen molar-refractivity contribution in [3.05, 3.63) is 0 Å². The third-order valence-corrected chi connectivity index (χ3v) is 3.82. The van der Waals surface area contributed by atoms with Crippen molar-refractivity contribution in [3.8, 4) is 0 Å². The number of aliphatic carboxylic acids is 2. The molecule has 0 bridgehead atoms. The summed E-state index contributed by atoms with van der Waals surface area (Å²) in [5.41, 5.74) is 0. The van der Waals surface area contributed by atoms with Gasteiger partial charge < -0.3 is 19.8 Å². The number of carboxylic acid groups (broad SMARTS) is 2. The molecule has 0 aromatic heterocycles. The molecule has 0 atom stereocenters. The fourth-order valence-corrected chi connectivity index (χ4v) is 2.35. The molecule has 0 aliphatic rings. The third-order valence-electron chi connectivity index (χ3n) is 3.82. The Kier molecular flexibility index (Phi) is 25.1. The molecule has 0 saturated heterocycles. The monoisotopic (exact) mass is 400 g/mol. The fraction of sp³-hybridized carbons (Fsp3) is 0.900. The number of hydrogen-bond acceptors (Lipinski definition) is 4. The van der Waals surface area contributed by atoms with Crippen LogP contribution in [-0.4, -0.2) is 11.9 Å². The van der Waals surface area contributed by atoms with Crippen LogP contribution >= 0.6 is 0 Å². The number of rotatable bonds is 14. The van der Waals surface area contributed by atoms with Gasteiger partial charge in [0, 0.05) is 11.9 Å². The topological polar surface area (TPSA) is 80.3 Å². The van der Waals surface area contributed by atoms with Crippen LogP contribution in [0.15, 0.2) is 0 Å². The first-order chi connectivity index (χ1) is 11.3. The molecule has 25 heavy (non-hydrogen) atoms. The van der Waals surface area contributed by atoms with Crippen LogP contribution < -0.4 is 10.2 Å². The van der Waals surface area contributed by atoms with Gasteiger partial charge in [0.25, 0.3) is 0 Å². The van der Waals surface area contributed by atoms with Gasteiger partial charge in [-0.25, -0.2) is 0 Å². The summed E-state index contributed by atoms with van der Waals surface area (Å²) >= 11 is 0. The van der Waals surface area contributed by atoms with Gasteiger partial charge in [-0.15, -0.1) is 0 Å². The van der Waals surface area contributed by atoms with Gasteiger partial charge in [-0.05, 0) is 37.5 Å². The summed E-state index contributed by atoms with van der Waals surface area (Å²) in [5.74, 6) is -0.296. The van der Waals surface area contributed by atoms with Crippen LogP contribution in [0.2, 0.25) is 0 Å². The van der Waals surface area contributed by atoms with Crippen LogP contribution in [0.5, 0.6) is 0 Å². The van der Waals surface area contributed by atoms with E-state index in [1.54, 1.807) is 0 Å². The molecule has 0 heterocycles. The molecule has 0 aliphatic carbocycles. The minimum Gasteiger partial charge on any atom is -0.550 e. The molecule has 152 valence electrons. The van der Waals surface area contributed by atoms with Crippen LogP contribution in [0.4, 0.5) is 0 Å². The number of hydrogen-bond donors (Lipinski definition) is 0. The Morgan fingerprint density at radius 2 is 0.880 bits per heavy atom. The molecular weight excluding hydrogens is 363 g/mol. The summed E-state index contributed by atoms with van der Waals surface area (Å²) in [6, 6.07) is 0. The third kappa shape index (κ3) is 35.4. The van der Waals surface area contributed by atoms with Crippen molar-refractivity contribution in [1.29, 1.82) is 0 Å². The number of unbranched alkanes of at least 4 members (excludes halogenated alkanes) is 6. The molecule has 5 heteroatoms. The Bertz CT molecular complexity index is 274. The summed E-state index contributed by atoms with van der Waals surface area (Å²) in [6.07, 6.45) is 11.3. The van der Waals surface area contributed by atoms with Crippen LogP contribution in [0.1, 0.15) is 105 Å². The van der Waals surface area contributed by atoms with Crippen molar-refractivity contribution in [2.45, 2.75) is 105 Å². The van der Waals surface area contributed by atoms with Crippen LogP contribution in [0.25, 0.3) is 0 Å². The molecule has 4 nitrogen and oxygen atoms in total. The van der Waals surface area contributed by atoms with Crippen molar-refractivity contribution in [2.75, 3.05) is 0 Å². The molecule has 0 aliphatic heterocycles. The first kappa shape index (κ1) is 29.2. The average molecular weight is 401 g/mol. The van der Waals surface area contributed by atoms with Gasteiger partial charge in [-0.1, -0.05) is 79.1 Å². The summed E-state index contributed by atoms with van der Waals surface area (Å²) in [6.45, 7) is 8.84. The maximum Gasteiger partial charge on any atom is 2.00 e. The molecule has 0 amide bonds. The standard InChI is InChI=1S/2C10H20O2.Ni/c2*1-9(2)7-5-3-4-6-8-10(11)12;/h2*9H,3-8H2,1-2H3,(H,11,12);/q;;+2/p-2. The molecule has 0 aromatic carbocycles. The summed E-state index contributed by atoms with van der Waals surface area (Å²) in [7, 11) is 0. The SMILES string of the molecule is CC(C)CCCCCCC(=O)[O-].CC(C)CCCCCCC(=O)[O-].[Ni+2]. The van der Waals surface area contributed by atoms with Gasteiger partial charge in [0.15, 0.2) is 0 Å². The van der Waals surface area contributed by atoms with Crippen molar-refractivity contribution < 1.29 is 36.3 Å². The van der Waals surface area contributed by atoms with Gasteiger partial charge in [-0.2, -0.15) is 0 Å². The van der Waals surface area contributed by atoms with Gasteiger partial charge in [0.05, 0.1) is 0 Å². The first-order valence-corrected chi connectivity index (χ1v) is 9.65. The van der Waals surface area contributed by atoms with E-state index in [0.29, 0.717) is 0 Å². The second-order valence-electron chi connectivity index (χ2n) is 7.44. The van der Waals surface area contributed by atoms with E-state index in [1.165, 1.54) is 25.7 Å². The van der Waals surface area contributed by atoms with Crippen LogP contribution in [0, 0.1) is 11.8 Å². The van der Waals surface area contributed by atoms with Gasteiger partial charge >= 0.3 is 16.5 Å². The van der Waals surface area contributed by atoms with Gasteiger partial charge in [0.2, 0.25) is 0 Å². The second-order valence-corrected chi connectivity index (χ2v) is 7.44. The molecule has 0 rings (SSSR count). The molecule has 0 aromatic rings. The zero-order valence-electron chi connectivity index (χ0n) is 16.6. The smallest absolute Gasteiger partial charge is 0.550 e. The van der Waals surface area contributed by atoms with E-state index in [2.05, 4.69) is 27.7 Å². The van der Waals surface area contributed by atoms with Crippen molar-refractivity contribution in [1.82, 2.24) is 0 Å². The molecular formula is C20H38NiO4. The Hall–Kier alpha value is -0.566. The first-order valence-electron chi connectivity index (χ1n) is 9.65. The minimum absolute atomic E-state index is 0. The normalized spacial score (nSPS) is 10.2. The Morgan fingerprint density at radius 3 is 1.12 bits per heavy atom. The van der Waals surface area contributed by atoms with E-state index in [-0.39, 0.29) is 29.3 Å². The van der Waals surface area contributed by atoms with Gasteiger partial charge in [-0.3, -0.25) is 0 Å².